The van der Waals surface area contributed by atoms with Crippen molar-refractivity contribution in [2.75, 3.05) is 10.8 Å². The van der Waals surface area contributed by atoms with Crippen molar-refractivity contribution in [1.29, 1.82) is 0 Å². The minimum absolute atomic E-state index is 0.0000200. The van der Waals surface area contributed by atoms with Gasteiger partial charge in [0.2, 0.25) is 0 Å². The number of rotatable bonds is 6. The summed E-state index contributed by atoms with van der Waals surface area (Å²) < 4.78 is 76.7. The number of anilines is 1. The highest BCUT2D eigenvalue weighted by Crippen LogP contribution is 2.42. The Morgan fingerprint density at radius 3 is 2.50 bits per heavy atom. The second-order valence-corrected chi connectivity index (χ2v) is 11.3. The van der Waals surface area contributed by atoms with E-state index in [1.165, 1.54) is 44.2 Å². The van der Waals surface area contributed by atoms with Gasteiger partial charge in [0.05, 0.1) is 22.5 Å². The number of sulfonamides is 1. The van der Waals surface area contributed by atoms with Crippen LogP contribution in [0.1, 0.15) is 25.8 Å². The van der Waals surface area contributed by atoms with Crippen LogP contribution in [0.25, 0.3) is 11.1 Å². The molecular formula is C26H24F3NO5S. The Labute approximate surface area is 207 Å². The van der Waals surface area contributed by atoms with Crippen LogP contribution in [0.2, 0.25) is 0 Å². The van der Waals surface area contributed by atoms with Crippen LogP contribution < -0.4 is 9.04 Å². The van der Waals surface area contributed by atoms with Gasteiger partial charge in [0, 0.05) is 18.1 Å². The average molecular weight is 520 g/mol. The first-order chi connectivity index (χ1) is 16.8. The van der Waals surface area contributed by atoms with Crippen molar-refractivity contribution in [2.24, 2.45) is 5.41 Å². The molecule has 1 atom stereocenters. The number of halogens is 3. The molecule has 0 saturated heterocycles. The highest BCUT2D eigenvalue weighted by Gasteiger charge is 2.39. The minimum Gasteiger partial charge on any atom is -0.486 e. The molecule has 36 heavy (non-hydrogen) atoms. The normalized spacial score (nSPS) is 15.8. The lowest BCUT2D eigenvalue weighted by atomic mass is 9.86. The van der Waals surface area contributed by atoms with Gasteiger partial charge in [0.15, 0.2) is 11.6 Å². The Hall–Kier alpha value is -3.53. The molecule has 0 amide bonds. The predicted octanol–water partition coefficient (Wildman–Crippen LogP) is 5.54. The number of hydrogen-bond donors (Lipinski definition) is 1. The largest absolute Gasteiger partial charge is 0.486 e. The fourth-order valence-corrected chi connectivity index (χ4v) is 5.74. The molecule has 1 aliphatic heterocycles. The molecule has 0 bridgehead atoms. The van der Waals surface area contributed by atoms with Crippen LogP contribution in [0.5, 0.6) is 5.75 Å². The van der Waals surface area contributed by atoms with Gasteiger partial charge in [-0.2, -0.15) is 0 Å². The number of benzene rings is 3. The van der Waals surface area contributed by atoms with Crippen LogP contribution in [0.15, 0.2) is 59.5 Å². The summed E-state index contributed by atoms with van der Waals surface area (Å²) in [7, 11) is -4.17. The van der Waals surface area contributed by atoms with E-state index in [-0.39, 0.29) is 40.4 Å². The number of hydrogen-bond acceptors (Lipinski definition) is 4. The second-order valence-electron chi connectivity index (χ2n) is 9.42. The number of carboxylic acid groups (broad SMARTS) is 1. The first-order valence-electron chi connectivity index (χ1n) is 11.1. The maximum absolute atomic E-state index is 14.5. The number of carbonyl (C=O) groups is 1. The summed E-state index contributed by atoms with van der Waals surface area (Å²) in [4.78, 5) is 11.7. The smallest absolute Gasteiger partial charge is 0.309 e. The van der Waals surface area contributed by atoms with E-state index in [1.807, 2.05) is 0 Å². The van der Waals surface area contributed by atoms with Crippen LogP contribution in [0.4, 0.5) is 18.9 Å². The number of fused-ring (bicyclic) bond motifs is 1. The molecule has 6 nitrogen and oxygen atoms in total. The Kier molecular flexibility index (Phi) is 6.51. The number of carboxylic acids is 1. The van der Waals surface area contributed by atoms with Gasteiger partial charge in [-0.15, -0.1) is 0 Å². The summed E-state index contributed by atoms with van der Waals surface area (Å²) in [5, 5.41) is 9.55. The van der Waals surface area contributed by atoms with E-state index in [1.54, 1.807) is 19.1 Å². The summed E-state index contributed by atoms with van der Waals surface area (Å²) in [5.41, 5.74) is -0.788. The van der Waals surface area contributed by atoms with Gasteiger partial charge in [-0.3, -0.25) is 9.10 Å². The highest BCUT2D eigenvalue weighted by atomic mass is 32.2. The van der Waals surface area contributed by atoms with Gasteiger partial charge in [0.25, 0.3) is 10.0 Å². The maximum atomic E-state index is 14.5. The van der Waals surface area contributed by atoms with Gasteiger partial charge in [-0.1, -0.05) is 18.2 Å². The van der Waals surface area contributed by atoms with Crippen molar-refractivity contribution < 1.29 is 36.2 Å². The van der Waals surface area contributed by atoms with Crippen molar-refractivity contribution >= 4 is 21.7 Å². The van der Waals surface area contributed by atoms with Gasteiger partial charge < -0.3 is 9.84 Å². The zero-order valence-corrected chi connectivity index (χ0v) is 20.6. The molecule has 1 heterocycles. The van der Waals surface area contributed by atoms with Crippen LogP contribution in [0.3, 0.4) is 0 Å². The molecule has 0 unspecified atom stereocenters. The van der Waals surface area contributed by atoms with Gasteiger partial charge in [-0.25, -0.2) is 21.6 Å². The maximum Gasteiger partial charge on any atom is 0.309 e. The molecule has 0 aliphatic carbocycles. The van der Waals surface area contributed by atoms with Gasteiger partial charge in [-0.05, 0) is 62.2 Å². The summed E-state index contributed by atoms with van der Waals surface area (Å²) in [5.74, 6) is -4.59. The number of aryl methyl sites for hydroxylation is 1. The Bertz CT molecular complexity index is 1460. The second kappa shape index (κ2) is 9.16. The zero-order chi connectivity index (χ0) is 26.4. The first-order valence-corrected chi connectivity index (χ1v) is 12.5. The lowest BCUT2D eigenvalue weighted by Crippen LogP contribution is -2.46. The summed E-state index contributed by atoms with van der Waals surface area (Å²) in [6, 6.07) is 11.5. The quantitative estimate of drug-likeness (QED) is 0.433. The van der Waals surface area contributed by atoms with E-state index in [0.717, 1.165) is 10.4 Å². The molecule has 1 N–H and O–H groups in total. The molecule has 0 aromatic heterocycles. The summed E-state index contributed by atoms with van der Waals surface area (Å²) in [6.07, 6.45) is -0.801. The SMILES string of the molecule is Cc1cccc(S(=O)(=O)N2C[C@H](CC(C)(C)C(=O)O)Oc3ccc(-c4cc(F)cc(F)c4F)cc32)c1. The van der Waals surface area contributed by atoms with Crippen molar-refractivity contribution in [2.45, 2.75) is 38.2 Å². The molecule has 1 aliphatic rings. The van der Waals surface area contributed by atoms with E-state index in [0.29, 0.717) is 11.6 Å². The highest BCUT2D eigenvalue weighted by molar-refractivity contribution is 7.92. The lowest BCUT2D eigenvalue weighted by molar-refractivity contribution is -0.148. The molecule has 10 heteroatoms. The number of nitrogens with zero attached hydrogens (tertiary/aromatic N) is 1. The molecule has 3 aromatic carbocycles. The minimum atomic E-state index is -4.17. The van der Waals surface area contributed by atoms with Crippen LogP contribution in [0, 0.1) is 29.8 Å². The zero-order valence-electron chi connectivity index (χ0n) is 19.8. The molecule has 0 radical (unpaired) electrons. The third-order valence-corrected chi connectivity index (χ3v) is 7.86. The fourth-order valence-electron chi connectivity index (χ4n) is 4.14. The van der Waals surface area contributed by atoms with Crippen molar-refractivity contribution in [3.8, 4) is 16.9 Å². The number of aliphatic carboxylic acids is 1. The number of ether oxygens (including phenoxy) is 1. The Balaban J connectivity index is 1.86. The molecule has 0 fully saturated rings. The Morgan fingerprint density at radius 1 is 1.11 bits per heavy atom. The van der Waals surface area contributed by atoms with Crippen molar-refractivity contribution in [1.82, 2.24) is 0 Å². The van der Waals surface area contributed by atoms with Crippen LogP contribution >= 0.6 is 0 Å². The third-order valence-electron chi connectivity index (χ3n) is 6.09. The lowest BCUT2D eigenvalue weighted by Gasteiger charge is -2.38. The molecule has 0 saturated carbocycles. The predicted molar refractivity (Wildman–Crippen MR) is 128 cm³/mol. The van der Waals surface area contributed by atoms with E-state index in [2.05, 4.69) is 0 Å². The first kappa shape index (κ1) is 25.6. The van der Waals surface area contributed by atoms with E-state index < -0.39 is 45.0 Å². The summed E-state index contributed by atoms with van der Waals surface area (Å²) >= 11 is 0. The Morgan fingerprint density at radius 2 is 1.83 bits per heavy atom. The molecule has 190 valence electrons. The fraction of sp³-hybridized carbons (Fsp3) is 0.269. The average Bonchev–Trinajstić information content (AvgIpc) is 2.80. The molecule has 3 aromatic rings. The van der Waals surface area contributed by atoms with E-state index >= 15 is 0 Å². The monoisotopic (exact) mass is 519 g/mol. The van der Waals surface area contributed by atoms with Crippen molar-refractivity contribution in [3.05, 3.63) is 77.6 Å². The third kappa shape index (κ3) is 4.77. The van der Waals surface area contributed by atoms with Gasteiger partial charge in [0.1, 0.15) is 17.7 Å². The summed E-state index contributed by atoms with van der Waals surface area (Å²) in [6.45, 7) is 4.54. The van der Waals surface area contributed by atoms with Crippen LogP contribution in [-0.2, 0) is 14.8 Å². The van der Waals surface area contributed by atoms with E-state index in [4.69, 9.17) is 4.74 Å². The molecular weight excluding hydrogens is 495 g/mol. The molecule has 4 rings (SSSR count). The standard InChI is InChI=1S/C26H24F3NO5S/c1-15-5-4-6-19(9-15)36(33,34)30-14-18(13-26(2,3)25(31)32)35-23-8-7-16(10-22(23)30)20-11-17(27)12-21(28)24(20)29/h4-12,18H,13-14H2,1-3H3,(H,31,32)/t18-/m0/s1. The van der Waals surface area contributed by atoms with Crippen LogP contribution in [-0.4, -0.2) is 32.1 Å². The van der Waals surface area contributed by atoms with Gasteiger partial charge >= 0.3 is 5.97 Å². The topological polar surface area (TPSA) is 83.9 Å². The molecule has 0 spiro atoms. The van der Waals surface area contributed by atoms with Crippen molar-refractivity contribution in [3.63, 3.8) is 0 Å². The van der Waals surface area contributed by atoms with E-state index in [9.17, 15) is 31.5 Å².